The summed E-state index contributed by atoms with van der Waals surface area (Å²) >= 11 is 0. The van der Waals surface area contributed by atoms with Crippen molar-refractivity contribution in [3.05, 3.63) is 23.9 Å². The van der Waals surface area contributed by atoms with Gasteiger partial charge in [0.05, 0.1) is 6.10 Å². The maximum absolute atomic E-state index is 6.03. The average molecular weight is 209 g/mol. The molecule has 0 aliphatic heterocycles. The van der Waals surface area contributed by atoms with Gasteiger partial charge in [-0.15, -0.1) is 0 Å². The molecule has 2 atom stereocenters. The molecule has 4 nitrogen and oxygen atoms in total. The van der Waals surface area contributed by atoms with Gasteiger partial charge in [0.25, 0.3) is 0 Å². The van der Waals surface area contributed by atoms with Crippen LogP contribution in [0, 0.1) is 0 Å². The lowest BCUT2D eigenvalue weighted by atomic mass is 10.0. The standard InChI is InChI=1S/C11H19N3O/c1-3-10(15-2)9(12)7-8-5-4-6-14-11(8)13/h4-6,9-10H,3,7,12H2,1-2H3,(H2,13,14). The first kappa shape index (κ1) is 11.9. The van der Waals surface area contributed by atoms with Crippen molar-refractivity contribution in [1.82, 2.24) is 4.98 Å². The maximum atomic E-state index is 6.03. The summed E-state index contributed by atoms with van der Waals surface area (Å²) < 4.78 is 5.29. The van der Waals surface area contributed by atoms with Crippen LogP contribution in [-0.2, 0) is 11.2 Å². The van der Waals surface area contributed by atoms with Gasteiger partial charge in [-0.1, -0.05) is 13.0 Å². The van der Waals surface area contributed by atoms with Crippen molar-refractivity contribution in [2.45, 2.75) is 31.9 Å². The van der Waals surface area contributed by atoms with Gasteiger partial charge >= 0.3 is 0 Å². The first-order valence-corrected chi connectivity index (χ1v) is 5.16. The predicted octanol–water partition coefficient (Wildman–Crippen LogP) is 0.959. The Bertz CT molecular complexity index is 300. The minimum absolute atomic E-state index is 0.0356. The quantitative estimate of drug-likeness (QED) is 0.757. The van der Waals surface area contributed by atoms with Gasteiger partial charge in [0.2, 0.25) is 0 Å². The van der Waals surface area contributed by atoms with E-state index in [-0.39, 0.29) is 12.1 Å². The number of nitrogens with zero attached hydrogens (tertiary/aromatic N) is 1. The second-order valence-electron chi connectivity index (χ2n) is 3.60. The highest BCUT2D eigenvalue weighted by Crippen LogP contribution is 2.12. The molecule has 0 saturated heterocycles. The monoisotopic (exact) mass is 209 g/mol. The Labute approximate surface area is 90.6 Å². The summed E-state index contributed by atoms with van der Waals surface area (Å²) in [7, 11) is 1.68. The molecule has 84 valence electrons. The first-order chi connectivity index (χ1) is 7.19. The van der Waals surface area contributed by atoms with Gasteiger partial charge in [-0.2, -0.15) is 0 Å². The first-order valence-electron chi connectivity index (χ1n) is 5.16. The molecular weight excluding hydrogens is 190 g/mol. The van der Waals surface area contributed by atoms with Crippen LogP contribution in [-0.4, -0.2) is 24.2 Å². The molecule has 1 rings (SSSR count). The van der Waals surface area contributed by atoms with Gasteiger partial charge < -0.3 is 16.2 Å². The van der Waals surface area contributed by atoms with Crippen LogP contribution in [0.5, 0.6) is 0 Å². The number of nitrogens with two attached hydrogens (primary N) is 2. The molecule has 0 spiro atoms. The zero-order valence-electron chi connectivity index (χ0n) is 9.31. The molecule has 0 bridgehead atoms. The molecule has 15 heavy (non-hydrogen) atoms. The lowest BCUT2D eigenvalue weighted by molar-refractivity contribution is 0.0773. The molecule has 0 saturated carbocycles. The third-order valence-corrected chi connectivity index (χ3v) is 2.56. The molecule has 0 amide bonds. The zero-order chi connectivity index (χ0) is 11.3. The normalized spacial score (nSPS) is 14.9. The van der Waals surface area contributed by atoms with E-state index >= 15 is 0 Å². The minimum Gasteiger partial charge on any atom is -0.383 e. The van der Waals surface area contributed by atoms with E-state index in [1.54, 1.807) is 13.3 Å². The van der Waals surface area contributed by atoms with Crippen LogP contribution in [0.15, 0.2) is 18.3 Å². The van der Waals surface area contributed by atoms with Crippen LogP contribution in [0.4, 0.5) is 5.82 Å². The number of aromatic nitrogens is 1. The minimum atomic E-state index is -0.0356. The van der Waals surface area contributed by atoms with Crippen LogP contribution in [0.1, 0.15) is 18.9 Å². The van der Waals surface area contributed by atoms with E-state index in [0.29, 0.717) is 12.2 Å². The fourth-order valence-corrected chi connectivity index (χ4v) is 1.65. The Kier molecular flexibility index (Phi) is 4.52. The maximum Gasteiger partial charge on any atom is 0.126 e. The summed E-state index contributed by atoms with van der Waals surface area (Å²) in [6, 6.07) is 3.78. The predicted molar refractivity (Wildman–Crippen MR) is 61.4 cm³/mol. The van der Waals surface area contributed by atoms with Crippen molar-refractivity contribution in [2.75, 3.05) is 12.8 Å². The van der Waals surface area contributed by atoms with Crippen LogP contribution < -0.4 is 11.5 Å². The lowest BCUT2D eigenvalue weighted by Crippen LogP contribution is -2.37. The van der Waals surface area contributed by atoms with E-state index in [1.807, 2.05) is 12.1 Å². The molecule has 4 heteroatoms. The Morgan fingerprint density at radius 2 is 2.27 bits per heavy atom. The van der Waals surface area contributed by atoms with E-state index in [4.69, 9.17) is 16.2 Å². The second-order valence-corrected chi connectivity index (χ2v) is 3.60. The van der Waals surface area contributed by atoms with Crippen LogP contribution >= 0.6 is 0 Å². The largest absolute Gasteiger partial charge is 0.383 e. The van der Waals surface area contributed by atoms with Crippen molar-refractivity contribution in [1.29, 1.82) is 0 Å². The summed E-state index contributed by atoms with van der Waals surface area (Å²) in [4.78, 5) is 4.02. The number of methoxy groups -OCH3 is 1. The van der Waals surface area contributed by atoms with Gasteiger partial charge in [-0.3, -0.25) is 0 Å². The molecular formula is C11H19N3O. The molecule has 0 aliphatic rings. The van der Waals surface area contributed by atoms with Crippen LogP contribution in [0.25, 0.3) is 0 Å². The van der Waals surface area contributed by atoms with E-state index in [2.05, 4.69) is 11.9 Å². The Morgan fingerprint density at radius 1 is 1.53 bits per heavy atom. The lowest BCUT2D eigenvalue weighted by Gasteiger charge is -2.21. The van der Waals surface area contributed by atoms with Crippen LogP contribution in [0.2, 0.25) is 0 Å². The molecule has 1 heterocycles. The van der Waals surface area contributed by atoms with Crippen molar-refractivity contribution in [3.8, 4) is 0 Å². The highest BCUT2D eigenvalue weighted by atomic mass is 16.5. The third kappa shape index (κ3) is 3.18. The van der Waals surface area contributed by atoms with Crippen molar-refractivity contribution >= 4 is 5.82 Å². The van der Waals surface area contributed by atoms with Crippen molar-refractivity contribution in [3.63, 3.8) is 0 Å². The van der Waals surface area contributed by atoms with Crippen molar-refractivity contribution < 1.29 is 4.74 Å². The molecule has 0 fully saturated rings. The number of rotatable bonds is 5. The second kappa shape index (κ2) is 5.68. The van der Waals surface area contributed by atoms with Gasteiger partial charge in [0.1, 0.15) is 5.82 Å². The van der Waals surface area contributed by atoms with Gasteiger partial charge in [0.15, 0.2) is 0 Å². The Hall–Kier alpha value is -1.13. The van der Waals surface area contributed by atoms with Gasteiger partial charge in [-0.25, -0.2) is 4.98 Å². The van der Waals surface area contributed by atoms with Gasteiger partial charge in [-0.05, 0) is 24.5 Å². The molecule has 1 aromatic rings. The molecule has 4 N–H and O–H groups in total. The number of ether oxygens (including phenoxy) is 1. The molecule has 0 radical (unpaired) electrons. The third-order valence-electron chi connectivity index (χ3n) is 2.56. The SMILES string of the molecule is CCC(OC)C(N)Cc1cccnc1N. The topological polar surface area (TPSA) is 74.2 Å². The van der Waals surface area contributed by atoms with Crippen LogP contribution in [0.3, 0.4) is 0 Å². The highest BCUT2D eigenvalue weighted by Gasteiger charge is 2.16. The summed E-state index contributed by atoms with van der Waals surface area (Å²) in [5.41, 5.74) is 12.8. The molecule has 0 aromatic carbocycles. The Morgan fingerprint density at radius 3 is 2.80 bits per heavy atom. The molecule has 1 aromatic heterocycles. The number of hydrogen-bond donors (Lipinski definition) is 2. The number of anilines is 1. The summed E-state index contributed by atoms with van der Waals surface area (Å²) in [5, 5.41) is 0. The van der Waals surface area contributed by atoms with E-state index in [1.165, 1.54) is 0 Å². The number of nitrogen functional groups attached to an aromatic ring is 1. The molecule has 2 unspecified atom stereocenters. The zero-order valence-corrected chi connectivity index (χ0v) is 9.31. The van der Waals surface area contributed by atoms with Crippen molar-refractivity contribution in [2.24, 2.45) is 5.73 Å². The van der Waals surface area contributed by atoms with E-state index in [9.17, 15) is 0 Å². The van der Waals surface area contributed by atoms with E-state index < -0.39 is 0 Å². The fraction of sp³-hybridized carbons (Fsp3) is 0.545. The molecule has 0 aliphatic carbocycles. The van der Waals surface area contributed by atoms with Gasteiger partial charge in [0, 0.05) is 19.3 Å². The summed E-state index contributed by atoms with van der Waals surface area (Å²) in [6.45, 7) is 2.06. The Balaban J connectivity index is 2.65. The number of pyridine rings is 1. The van der Waals surface area contributed by atoms with E-state index in [0.717, 1.165) is 12.0 Å². The fourth-order valence-electron chi connectivity index (χ4n) is 1.65. The smallest absolute Gasteiger partial charge is 0.126 e. The summed E-state index contributed by atoms with van der Waals surface area (Å²) in [5.74, 6) is 0.555. The summed E-state index contributed by atoms with van der Waals surface area (Å²) in [6.07, 6.45) is 3.35. The number of hydrogen-bond acceptors (Lipinski definition) is 4. The average Bonchev–Trinajstić information content (AvgIpc) is 2.23. The highest BCUT2D eigenvalue weighted by molar-refractivity contribution is 5.38.